The first-order valence-electron chi connectivity index (χ1n) is 4.41. The maximum Gasteiger partial charge on any atom is 0.163 e. The van der Waals surface area contributed by atoms with Gasteiger partial charge in [-0.1, -0.05) is 0 Å². The smallest absolute Gasteiger partial charge is 0.163 e. The molecule has 0 saturated carbocycles. The Labute approximate surface area is 79.7 Å². The molecule has 14 heavy (non-hydrogen) atoms. The van der Waals surface area contributed by atoms with Crippen LogP contribution in [0, 0.1) is 11.6 Å². The normalized spacial score (nSPS) is 15.4. The molecule has 0 heterocycles. The molecule has 1 aromatic carbocycles. The molecule has 2 rings (SSSR count). The van der Waals surface area contributed by atoms with E-state index in [1.54, 1.807) is 0 Å². The van der Waals surface area contributed by atoms with Crippen molar-refractivity contribution in [3.05, 3.63) is 28.8 Å². The van der Waals surface area contributed by atoms with Crippen LogP contribution in [0.3, 0.4) is 0 Å². The molecule has 0 saturated heterocycles. The zero-order valence-corrected chi connectivity index (χ0v) is 7.44. The van der Waals surface area contributed by atoms with Gasteiger partial charge >= 0.3 is 0 Å². The van der Waals surface area contributed by atoms with Crippen molar-refractivity contribution in [2.45, 2.75) is 19.3 Å². The number of hydrogen-bond donors (Lipinski definition) is 1. The number of benzene rings is 1. The number of Topliss-reactive ketones (excluding diaryl/α,β-unsaturated/α-hetero) is 1. The molecule has 0 spiro atoms. The predicted octanol–water partition coefficient (Wildman–Crippen LogP) is 2.07. The molecule has 2 N–H and O–H groups in total. The highest BCUT2D eigenvalue weighted by molar-refractivity contribution is 5.98. The Kier molecular flexibility index (Phi) is 1.98. The van der Waals surface area contributed by atoms with E-state index < -0.39 is 17.3 Å². The van der Waals surface area contributed by atoms with Gasteiger partial charge in [0.15, 0.2) is 11.6 Å². The maximum absolute atomic E-state index is 13.4. The number of anilines is 1. The molecule has 0 unspecified atom stereocenters. The van der Waals surface area contributed by atoms with Gasteiger partial charge in [-0.15, -0.1) is 0 Å². The molecule has 0 bridgehead atoms. The Morgan fingerprint density at radius 3 is 2.71 bits per heavy atom. The van der Waals surface area contributed by atoms with E-state index in [0.717, 1.165) is 6.07 Å². The SMILES string of the molecule is Nc1c(F)cc2c(c1F)CCCC2=O. The van der Waals surface area contributed by atoms with Gasteiger partial charge in [-0.25, -0.2) is 8.78 Å². The lowest BCUT2D eigenvalue weighted by Crippen LogP contribution is -2.15. The van der Waals surface area contributed by atoms with E-state index in [0.29, 0.717) is 19.3 Å². The summed E-state index contributed by atoms with van der Waals surface area (Å²) in [6.45, 7) is 0. The molecule has 2 nitrogen and oxygen atoms in total. The molecule has 0 atom stereocenters. The Bertz CT molecular complexity index is 415. The number of nitrogens with two attached hydrogens (primary N) is 1. The van der Waals surface area contributed by atoms with E-state index in [2.05, 4.69) is 0 Å². The van der Waals surface area contributed by atoms with Gasteiger partial charge in [0.05, 0.1) is 0 Å². The predicted molar refractivity (Wildman–Crippen MR) is 48.0 cm³/mol. The Morgan fingerprint density at radius 1 is 1.29 bits per heavy atom. The average molecular weight is 197 g/mol. The highest BCUT2D eigenvalue weighted by atomic mass is 19.1. The van der Waals surface area contributed by atoms with Crippen molar-refractivity contribution in [3.8, 4) is 0 Å². The van der Waals surface area contributed by atoms with Gasteiger partial charge in [0.1, 0.15) is 11.5 Å². The lowest BCUT2D eigenvalue weighted by Gasteiger charge is -2.16. The molecule has 0 aliphatic heterocycles. The van der Waals surface area contributed by atoms with Crippen LogP contribution < -0.4 is 5.73 Å². The molecular weight excluding hydrogens is 188 g/mol. The molecule has 0 amide bonds. The van der Waals surface area contributed by atoms with Crippen LogP contribution in [0.5, 0.6) is 0 Å². The fourth-order valence-electron chi connectivity index (χ4n) is 1.73. The van der Waals surface area contributed by atoms with Gasteiger partial charge in [0, 0.05) is 17.5 Å². The van der Waals surface area contributed by atoms with Gasteiger partial charge in [-0.2, -0.15) is 0 Å². The van der Waals surface area contributed by atoms with E-state index in [4.69, 9.17) is 5.73 Å². The molecule has 0 radical (unpaired) electrons. The standard InChI is InChI=1S/C10H9F2NO/c11-7-4-6-5(9(12)10(7)13)2-1-3-8(6)14/h4H,1-3,13H2. The Hall–Kier alpha value is -1.45. The molecule has 0 fully saturated rings. The summed E-state index contributed by atoms with van der Waals surface area (Å²) in [6, 6.07) is 1.04. The van der Waals surface area contributed by atoms with Crippen LogP contribution in [0.2, 0.25) is 0 Å². The van der Waals surface area contributed by atoms with Crippen LogP contribution in [0.15, 0.2) is 6.07 Å². The zero-order chi connectivity index (χ0) is 10.3. The minimum atomic E-state index is -0.850. The van der Waals surface area contributed by atoms with E-state index in [1.165, 1.54) is 0 Å². The molecule has 74 valence electrons. The van der Waals surface area contributed by atoms with Crippen LogP contribution in [-0.2, 0) is 6.42 Å². The summed E-state index contributed by atoms with van der Waals surface area (Å²) in [5.41, 5.74) is 5.12. The zero-order valence-electron chi connectivity index (χ0n) is 7.44. The molecule has 1 aliphatic rings. The first-order chi connectivity index (χ1) is 6.61. The van der Waals surface area contributed by atoms with Gasteiger partial charge in [-0.05, 0) is 18.9 Å². The molecule has 1 aromatic rings. The molecule has 0 aromatic heterocycles. The third kappa shape index (κ3) is 1.18. The summed E-state index contributed by atoms with van der Waals surface area (Å²) in [4.78, 5) is 11.3. The van der Waals surface area contributed by atoms with Crippen molar-refractivity contribution in [2.75, 3.05) is 5.73 Å². The first kappa shape index (κ1) is 9.12. The third-order valence-corrected chi connectivity index (χ3v) is 2.49. The largest absolute Gasteiger partial charge is 0.394 e. The highest BCUT2D eigenvalue weighted by Gasteiger charge is 2.23. The minimum absolute atomic E-state index is 0.153. The minimum Gasteiger partial charge on any atom is -0.394 e. The van der Waals surface area contributed by atoms with E-state index in [-0.39, 0.29) is 16.9 Å². The number of hydrogen-bond acceptors (Lipinski definition) is 2. The topological polar surface area (TPSA) is 43.1 Å². The van der Waals surface area contributed by atoms with Crippen LogP contribution >= 0.6 is 0 Å². The maximum atomic E-state index is 13.4. The lowest BCUT2D eigenvalue weighted by molar-refractivity contribution is 0.0971. The van der Waals surface area contributed by atoms with E-state index in [1.807, 2.05) is 0 Å². The number of carbonyl (C=O) groups excluding carboxylic acids is 1. The van der Waals surface area contributed by atoms with Crippen molar-refractivity contribution < 1.29 is 13.6 Å². The molecular formula is C10H9F2NO. The van der Waals surface area contributed by atoms with E-state index >= 15 is 0 Å². The third-order valence-electron chi connectivity index (χ3n) is 2.49. The summed E-state index contributed by atoms with van der Waals surface area (Å²) in [6.07, 6.45) is 1.42. The summed E-state index contributed by atoms with van der Waals surface area (Å²) in [5, 5.41) is 0. The number of halogens is 2. The second-order valence-corrected chi connectivity index (χ2v) is 3.39. The number of carbonyl (C=O) groups is 1. The van der Waals surface area contributed by atoms with E-state index in [9.17, 15) is 13.6 Å². The van der Waals surface area contributed by atoms with Crippen LogP contribution in [0.25, 0.3) is 0 Å². The summed E-state index contributed by atoms with van der Waals surface area (Å²) >= 11 is 0. The molecule has 4 heteroatoms. The van der Waals surface area contributed by atoms with Crippen molar-refractivity contribution in [2.24, 2.45) is 0 Å². The Morgan fingerprint density at radius 2 is 2.00 bits per heavy atom. The average Bonchev–Trinajstić information content (AvgIpc) is 2.17. The van der Waals surface area contributed by atoms with Crippen LogP contribution in [0.4, 0.5) is 14.5 Å². The Balaban J connectivity index is 2.69. The van der Waals surface area contributed by atoms with Crippen molar-refractivity contribution >= 4 is 11.5 Å². The summed E-state index contributed by atoms with van der Waals surface area (Å²) < 4.78 is 26.4. The first-order valence-corrected chi connectivity index (χ1v) is 4.41. The van der Waals surface area contributed by atoms with Gasteiger partial charge < -0.3 is 5.73 Å². The monoisotopic (exact) mass is 197 g/mol. The van der Waals surface area contributed by atoms with Crippen LogP contribution in [0.1, 0.15) is 28.8 Å². The lowest BCUT2D eigenvalue weighted by atomic mass is 9.89. The quantitative estimate of drug-likeness (QED) is 0.647. The second-order valence-electron chi connectivity index (χ2n) is 3.39. The fraction of sp³-hybridized carbons (Fsp3) is 0.300. The van der Waals surface area contributed by atoms with Crippen molar-refractivity contribution in [1.82, 2.24) is 0 Å². The second kappa shape index (κ2) is 3.04. The number of ketones is 1. The van der Waals surface area contributed by atoms with Crippen LogP contribution in [-0.4, -0.2) is 5.78 Å². The molecule has 1 aliphatic carbocycles. The van der Waals surface area contributed by atoms with Crippen molar-refractivity contribution in [1.29, 1.82) is 0 Å². The highest BCUT2D eigenvalue weighted by Crippen LogP contribution is 2.28. The van der Waals surface area contributed by atoms with Gasteiger partial charge in [0.2, 0.25) is 0 Å². The van der Waals surface area contributed by atoms with Gasteiger partial charge in [-0.3, -0.25) is 4.79 Å². The summed E-state index contributed by atoms with van der Waals surface area (Å²) in [7, 11) is 0. The van der Waals surface area contributed by atoms with Gasteiger partial charge in [0.25, 0.3) is 0 Å². The number of nitrogen functional groups attached to an aromatic ring is 1. The number of rotatable bonds is 0. The fourth-order valence-corrected chi connectivity index (χ4v) is 1.73. The number of fused-ring (bicyclic) bond motifs is 1. The van der Waals surface area contributed by atoms with Crippen molar-refractivity contribution in [3.63, 3.8) is 0 Å². The summed E-state index contributed by atoms with van der Waals surface area (Å²) in [5.74, 6) is -1.83.